The third-order valence-electron chi connectivity index (χ3n) is 9.34. The second-order valence-corrected chi connectivity index (χ2v) is 12.7. The van der Waals surface area contributed by atoms with Crippen molar-refractivity contribution in [2.75, 3.05) is 6.54 Å². The summed E-state index contributed by atoms with van der Waals surface area (Å²) in [6.07, 6.45) is 2.47. The summed E-state index contributed by atoms with van der Waals surface area (Å²) in [5.74, 6) is -3.08. The van der Waals surface area contributed by atoms with Gasteiger partial charge in [-0.25, -0.2) is 9.59 Å². The fraction of sp³-hybridized carbons (Fsp3) is 0.441. The first-order valence-electron chi connectivity index (χ1n) is 15.7. The molecular formula is C34H38N4O8. The molecule has 0 spiro atoms. The zero-order chi connectivity index (χ0) is 32.6. The minimum atomic E-state index is -1.48. The van der Waals surface area contributed by atoms with Crippen molar-refractivity contribution in [2.45, 2.75) is 75.8 Å². The molecule has 0 aromatic heterocycles. The number of carboxylic acid groups (broad SMARTS) is 1. The van der Waals surface area contributed by atoms with Crippen molar-refractivity contribution in [2.24, 2.45) is 17.0 Å². The molecule has 3 fully saturated rings. The predicted octanol–water partition coefficient (Wildman–Crippen LogP) is 3.79. The number of carboxylic acids is 1. The molecule has 0 radical (unpaired) electrons. The number of ether oxygens (including phenoxy) is 1. The SMILES string of the molecule is C=C[C@@H]1C[C@@]1(NC(=O)[C@@H]1C[C@@H](ON=C2c3ccccc3-c3ccccc32)CN1C(=O)[C@H](NOC(=O)OC1CCC1)C(C)C)C(=O)O. The van der Waals surface area contributed by atoms with Crippen molar-refractivity contribution >= 4 is 29.7 Å². The number of rotatable bonds is 11. The van der Waals surface area contributed by atoms with Gasteiger partial charge in [-0.2, -0.15) is 0 Å². The highest BCUT2D eigenvalue weighted by Gasteiger charge is 2.61. The van der Waals surface area contributed by atoms with Gasteiger partial charge in [-0.15, -0.1) is 12.1 Å². The quantitative estimate of drug-likeness (QED) is 0.163. The van der Waals surface area contributed by atoms with Gasteiger partial charge in [0.1, 0.15) is 35.5 Å². The standard InChI is InChI=1S/C34H38N4O8/c1-4-20-17-34(20,32(41)42)35-30(39)27-16-22(45-37-29-25-14-7-5-12-23(25)24-13-6-8-15-26(24)29)18-38(27)31(40)28(19(2)3)36-46-33(43)44-21-10-9-11-21/h4-8,12-15,19-22,27-28,36H,1,9-11,16-18H2,2-3H3,(H,35,39)(H,41,42)/t20-,22-,27+,28-,34+/m1/s1. The van der Waals surface area contributed by atoms with Gasteiger partial charge in [0.15, 0.2) is 0 Å². The second-order valence-electron chi connectivity index (χ2n) is 12.7. The minimum Gasteiger partial charge on any atom is -0.479 e. The smallest absolute Gasteiger partial charge is 0.479 e. The molecule has 2 aromatic rings. The van der Waals surface area contributed by atoms with Crippen LogP contribution in [0.5, 0.6) is 0 Å². The molecule has 5 atom stereocenters. The minimum absolute atomic E-state index is 0.000623. The summed E-state index contributed by atoms with van der Waals surface area (Å²) in [5, 5.41) is 17.1. The first-order valence-corrected chi connectivity index (χ1v) is 15.7. The van der Waals surface area contributed by atoms with E-state index in [2.05, 4.69) is 22.5 Å². The number of nitrogens with one attached hydrogen (secondary N) is 2. The highest BCUT2D eigenvalue weighted by molar-refractivity contribution is 6.24. The van der Waals surface area contributed by atoms with Crippen LogP contribution in [0.25, 0.3) is 11.1 Å². The van der Waals surface area contributed by atoms with E-state index in [-0.39, 0.29) is 31.4 Å². The number of aliphatic carboxylic acids is 1. The van der Waals surface area contributed by atoms with E-state index in [4.69, 9.17) is 14.4 Å². The highest BCUT2D eigenvalue weighted by Crippen LogP contribution is 2.45. The predicted molar refractivity (Wildman–Crippen MR) is 166 cm³/mol. The van der Waals surface area contributed by atoms with Crippen LogP contribution >= 0.6 is 0 Å². The largest absolute Gasteiger partial charge is 0.528 e. The highest BCUT2D eigenvalue weighted by atomic mass is 16.8. The fourth-order valence-electron chi connectivity index (χ4n) is 6.31. The van der Waals surface area contributed by atoms with Gasteiger partial charge >= 0.3 is 12.1 Å². The summed E-state index contributed by atoms with van der Waals surface area (Å²) < 4.78 is 5.22. The van der Waals surface area contributed by atoms with Crippen LogP contribution in [-0.2, 0) is 28.8 Å². The number of benzene rings is 2. The number of likely N-dealkylation sites (tertiary alicyclic amines) is 1. The molecule has 6 rings (SSSR count). The summed E-state index contributed by atoms with van der Waals surface area (Å²) in [6, 6.07) is 13.6. The van der Waals surface area contributed by atoms with Crippen molar-refractivity contribution in [1.82, 2.24) is 15.7 Å². The van der Waals surface area contributed by atoms with E-state index in [1.807, 2.05) is 48.5 Å². The van der Waals surface area contributed by atoms with Crippen LogP contribution in [0.1, 0.15) is 57.1 Å². The van der Waals surface area contributed by atoms with Crippen LogP contribution in [0, 0.1) is 11.8 Å². The monoisotopic (exact) mass is 630 g/mol. The molecule has 46 heavy (non-hydrogen) atoms. The van der Waals surface area contributed by atoms with Gasteiger partial charge in [0.05, 0.1) is 6.54 Å². The van der Waals surface area contributed by atoms with E-state index < -0.39 is 53.6 Å². The first kappa shape index (κ1) is 31.3. The van der Waals surface area contributed by atoms with Gasteiger partial charge in [-0.05, 0) is 42.7 Å². The average molecular weight is 631 g/mol. The van der Waals surface area contributed by atoms with Gasteiger partial charge in [0.2, 0.25) is 11.8 Å². The van der Waals surface area contributed by atoms with Crippen molar-refractivity contribution < 1.29 is 38.7 Å². The number of carbonyl (C=O) groups excluding carboxylic acids is 3. The third-order valence-corrected chi connectivity index (χ3v) is 9.34. The van der Waals surface area contributed by atoms with Crippen molar-refractivity contribution in [1.29, 1.82) is 0 Å². The van der Waals surface area contributed by atoms with E-state index in [1.165, 1.54) is 11.0 Å². The first-order chi connectivity index (χ1) is 22.1. The summed E-state index contributed by atoms with van der Waals surface area (Å²) in [6.45, 7) is 7.23. The lowest BCUT2D eigenvalue weighted by atomic mass is 9.96. The van der Waals surface area contributed by atoms with Crippen molar-refractivity contribution in [3.05, 3.63) is 72.3 Å². The Morgan fingerprint density at radius 1 is 1.02 bits per heavy atom. The van der Waals surface area contributed by atoms with Crippen LogP contribution in [0.2, 0.25) is 0 Å². The van der Waals surface area contributed by atoms with Crippen LogP contribution in [0.4, 0.5) is 4.79 Å². The van der Waals surface area contributed by atoms with E-state index in [1.54, 1.807) is 13.8 Å². The normalized spacial score (nSPS) is 25.1. The number of carbonyl (C=O) groups is 4. The zero-order valence-electron chi connectivity index (χ0n) is 25.8. The van der Waals surface area contributed by atoms with Gasteiger partial charge in [-0.3, -0.25) is 9.59 Å². The number of nitrogens with zero attached hydrogens (tertiary/aromatic N) is 2. The number of oxime groups is 1. The molecule has 1 aliphatic heterocycles. The number of fused-ring (bicyclic) bond motifs is 3. The molecule has 1 saturated heterocycles. The number of hydrogen-bond donors (Lipinski definition) is 3. The van der Waals surface area contributed by atoms with Gasteiger partial charge in [0, 0.05) is 23.5 Å². The summed E-state index contributed by atoms with van der Waals surface area (Å²) >= 11 is 0. The Morgan fingerprint density at radius 3 is 2.17 bits per heavy atom. The van der Waals surface area contributed by atoms with E-state index in [0.717, 1.165) is 41.5 Å². The molecule has 2 aromatic carbocycles. The number of hydrogen-bond acceptors (Lipinski definition) is 9. The second kappa shape index (κ2) is 12.6. The molecule has 242 valence electrons. The Kier molecular flexibility index (Phi) is 8.56. The maximum absolute atomic E-state index is 14.0. The Balaban J connectivity index is 1.22. The zero-order valence-corrected chi connectivity index (χ0v) is 25.8. The topological polar surface area (TPSA) is 156 Å². The van der Waals surface area contributed by atoms with Crippen LogP contribution < -0.4 is 10.8 Å². The molecule has 3 aliphatic carbocycles. The Labute approximate surface area is 266 Å². The summed E-state index contributed by atoms with van der Waals surface area (Å²) in [7, 11) is 0. The lowest BCUT2D eigenvalue weighted by molar-refractivity contribution is -0.147. The van der Waals surface area contributed by atoms with E-state index in [9.17, 15) is 24.3 Å². The molecule has 4 aliphatic rings. The van der Waals surface area contributed by atoms with E-state index >= 15 is 0 Å². The van der Waals surface area contributed by atoms with Crippen molar-refractivity contribution in [3.63, 3.8) is 0 Å². The molecule has 3 N–H and O–H groups in total. The van der Waals surface area contributed by atoms with Gasteiger partial charge in [-0.1, -0.05) is 73.6 Å². The van der Waals surface area contributed by atoms with Crippen LogP contribution in [0.15, 0.2) is 66.3 Å². The van der Waals surface area contributed by atoms with Crippen molar-refractivity contribution in [3.8, 4) is 11.1 Å². The lowest BCUT2D eigenvalue weighted by Crippen LogP contribution is -2.57. The summed E-state index contributed by atoms with van der Waals surface area (Å²) in [5.41, 5.74) is 5.59. The maximum atomic E-state index is 14.0. The Morgan fingerprint density at radius 2 is 1.65 bits per heavy atom. The molecule has 2 saturated carbocycles. The molecule has 1 heterocycles. The van der Waals surface area contributed by atoms with E-state index in [0.29, 0.717) is 5.71 Å². The fourth-order valence-corrected chi connectivity index (χ4v) is 6.31. The maximum Gasteiger partial charge on any atom is 0.528 e. The lowest BCUT2D eigenvalue weighted by Gasteiger charge is -2.30. The molecular weight excluding hydrogens is 592 g/mol. The molecule has 2 amide bonds. The average Bonchev–Trinajstić information content (AvgIpc) is 3.42. The third kappa shape index (κ3) is 5.84. The molecule has 12 nitrogen and oxygen atoms in total. The van der Waals surface area contributed by atoms with Crippen LogP contribution in [0.3, 0.4) is 0 Å². The van der Waals surface area contributed by atoms with Crippen LogP contribution in [-0.4, -0.2) is 76.0 Å². The number of amides is 2. The molecule has 0 unspecified atom stereocenters. The van der Waals surface area contributed by atoms with Gasteiger partial charge < -0.3 is 29.7 Å². The summed E-state index contributed by atoms with van der Waals surface area (Å²) in [4.78, 5) is 64.6. The Bertz CT molecular complexity index is 1540. The molecule has 12 heteroatoms. The number of hydroxylamine groups is 1. The Hall–Kier alpha value is -4.71. The molecule has 0 bridgehead atoms. The van der Waals surface area contributed by atoms with Gasteiger partial charge in [0.25, 0.3) is 0 Å².